The van der Waals surface area contributed by atoms with Gasteiger partial charge in [0.1, 0.15) is 6.23 Å². The van der Waals surface area contributed by atoms with Crippen LogP contribution in [-0.4, -0.2) is 46.2 Å². The zero-order valence-corrected chi connectivity index (χ0v) is 20.2. The molecule has 1 saturated heterocycles. The molecule has 2 heterocycles. The number of carbonyl (C=O) groups is 2. The molecule has 0 radical (unpaired) electrons. The van der Waals surface area contributed by atoms with Crippen LogP contribution in [-0.2, 0) is 17.8 Å². The molecule has 6 heteroatoms. The lowest BCUT2D eigenvalue weighted by molar-refractivity contribution is -0.129. The number of fused-ring (bicyclic) bond motifs is 3. The van der Waals surface area contributed by atoms with Gasteiger partial charge in [0.25, 0.3) is 5.91 Å². The van der Waals surface area contributed by atoms with Crippen molar-refractivity contribution in [2.75, 3.05) is 0 Å². The van der Waals surface area contributed by atoms with E-state index >= 15 is 0 Å². The minimum Gasteiger partial charge on any atom is -0.372 e. The van der Waals surface area contributed by atoms with Gasteiger partial charge in [0, 0.05) is 30.6 Å². The normalized spacial score (nSPS) is 37.6. The number of nitrogens with zero attached hydrogens (tertiary/aromatic N) is 1. The van der Waals surface area contributed by atoms with Gasteiger partial charge in [-0.2, -0.15) is 0 Å². The van der Waals surface area contributed by atoms with Crippen LogP contribution in [0.25, 0.3) is 0 Å². The summed E-state index contributed by atoms with van der Waals surface area (Å²) in [7, 11) is 0. The van der Waals surface area contributed by atoms with Crippen molar-refractivity contribution in [3.8, 4) is 0 Å². The van der Waals surface area contributed by atoms with Crippen LogP contribution in [0.5, 0.6) is 0 Å². The third-order valence-electron chi connectivity index (χ3n) is 9.63. The van der Waals surface area contributed by atoms with Gasteiger partial charge < -0.3 is 20.6 Å². The molecule has 34 heavy (non-hydrogen) atoms. The standard InChI is InChI=1S/C28H39N3O3/c32-25-13-12-24(27(33)30-25)31-16-21-15-17(8-11-22(21)28(31)34)14-20-4-1-2-7-23(20)29-26-18-5-3-6-19(26)10-9-18/h8,11,15,18-20,23-24,26-27,29,33H,1-7,9-10,12-14,16H2,(H,30,32)/t18?,19?,20-,23+,24?,26?,27?/m1/s1. The van der Waals surface area contributed by atoms with Gasteiger partial charge in [0.15, 0.2) is 0 Å². The lowest BCUT2D eigenvalue weighted by Gasteiger charge is -2.39. The van der Waals surface area contributed by atoms with Crippen molar-refractivity contribution in [1.29, 1.82) is 0 Å². The van der Waals surface area contributed by atoms with Crippen LogP contribution in [0.15, 0.2) is 18.2 Å². The van der Waals surface area contributed by atoms with E-state index in [0.29, 0.717) is 31.3 Å². The van der Waals surface area contributed by atoms with Crippen molar-refractivity contribution in [1.82, 2.24) is 15.5 Å². The van der Waals surface area contributed by atoms with E-state index < -0.39 is 6.23 Å². The molecular weight excluding hydrogens is 426 g/mol. The first-order chi connectivity index (χ1) is 16.6. The lowest BCUT2D eigenvalue weighted by atomic mass is 9.78. The molecule has 4 unspecified atom stereocenters. The number of hydrogen-bond donors (Lipinski definition) is 3. The molecule has 5 aliphatic rings. The molecule has 184 valence electrons. The fraction of sp³-hybridized carbons (Fsp3) is 0.714. The highest BCUT2D eigenvalue weighted by atomic mass is 16.3. The van der Waals surface area contributed by atoms with Crippen LogP contribution < -0.4 is 10.6 Å². The Morgan fingerprint density at radius 3 is 2.56 bits per heavy atom. The summed E-state index contributed by atoms with van der Waals surface area (Å²) in [5, 5.41) is 17.1. The Balaban J connectivity index is 1.14. The first-order valence-electron chi connectivity index (χ1n) is 13.7. The summed E-state index contributed by atoms with van der Waals surface area (Å²) in [5.41, 5.74) is 3.15. The molecule has 3 N–H and O–H groups in total. The summed E-state index contributed by atoms with van der Waals surface area (Å²) >= 11 is 0. The van der Waals surface area contributed by atoms with Crippen molar-refractivity contribution < 1.29 is 14.7 Å². The number of aliphatic hydroxyl groups is 1. The van der Waals surface area contributed by atoms with Gasteiger partial charge in [-0.25, -0.2) is 0 Å². The molecule has 3 aliphatic carbocycles. The van der Waals surface area contributed by atoms with E-state index in [2.05, 4.69) is 22.8 Å². The average molecular weight is 466 g/mol. The molecule has 1 aromatic rings. The quantitative estimate of drug-likeness (QED) is 0.622. The second kappa shape index (κ2) is 9.27. The Bertz CT molecular complexity index is 933. The smallest absolute Gasteiger partial charge is 0.254 e. The van der Waals surface area contributed by atoms with Crippen LogP contribution >= 0.6 is 0 Å². The second-order valence-electron chi connectivity index (χ2n) is 11.6. The molecule has 3 saturated carbocycles. The first kappa shape index (κ1) is 22.5. The topological polar surface area (TPSA) is 81.7 Å². The van der Waals surface area contributed by atoms with Crippen LogP contribution in [0, 0.1) is 17.8 Å². The van der Waals surface area contributed by atoms with Gasteiger partial charge >= 0.3 is 0 Å². The Labute approximate surface area is 202 Å². The highest BCUT2D eigenvalue weighted by Crippen LogP contribution is 2.43. The predicted molar refractivity (Wildman–Crippen MR) is 130 cm³/mol. The van der Waals surface area contributed by atoms with Crippen LogP contribution in [0.1, 0.15) is 92.1 Å². The number of hydrogen-bond acceptors (Lipinski definition) is 4. The van der Waals surface area contributed by atoms with E-state index in [1.54, 1.807) is 4.90 Å². The van der Waals surface area contributed by atoms with E-state index in [4.69, 9.17) is 0 Å². The van der Waals surface area contributed by atoms with E-state index in [-0.39, 0.29) is 17.9 Å². The van der Waals surface area contributed by atoms with Gasteiger partial charge in [0.2, 0.25) is 5.91 Å². The van der Waals surface area contributed by atoms with Crippen LogP contribution in [0.4, 0.5) is 0 Å². The first-order valence-corrected chi connectivity index (χ1v) is 13.7. The van der Waals surface area contributed by atoms with Gasteiger partial charge in [-0.05, 0) is 86.3 Å². The third kappa shape index (κ3) is 4.17. The molecule has 2 amide bonds. The summed E-state index contributed by atoms with van der Waals surface area (Å²) in [4.78, 5) is 26.4. The predicted octanol–water partition coefficient (Wildman–Crippen LogP) is 3.51. The second-order valence-corrected chi connectivity index (χ2v) is 11.6. The van der Waals surface area contributed by atoms with E-state index in [0.717, 1.165) is 35.4 Å². The molecule has 4 fully saturated rings. The lowest BCUT2D eigenvalue weighted by Crippen LogP contribution is -2.55. The largest absolute Gasteiger partial charge is 0.372 e. The number of carbonyl (C=O) groups excluding carboxylic acids is 2. The molecule has 6 rings (SSSR count). The Morgan fingerprint density at radius 1 is 0.971 bits per heavy atom. The molecule has 2 aliphatic heterocycles. The van der Waals surface area contributed by atoms with Gasteiger partial charge in [0.05, 0.1) is 6.04 Å². The van der Waals surface area contributed by atoms with Crippen molar-refractivity contribution >= 4 is 11.8 Å². The van der Waals surface area contributed by atoms with Crippen LogP contribution in [0.2, 0.25) is 0 Å². The summed E-state index contributed by atoms with van der Waals surface area (Å²) in [6.07, 6.45) is 13.3. The fourth-order valence-corrected chi connectivity index (χ4v) is 7.84. The Morgan fingerprint density at radius 2 is 1.76 bits per heavy atom. The Hall–Kier alpha value is -1.92. The highest BCUT2D eigenvalue weighted by Gasteiger charge is 2.41. The fourth-order valence-electron chi connectivity index (χ4n) is 7.84. The van der Waals surface area contributed by atoms with Crippen molar-refractivity contribution in [2.24, 2.45) is 17.8 Å². The molecule has 1 aromatic carbocycles. The van der Waals surface area contributed by atoms with Gasteiger partial charge in [-0.3, -0.25) is 9.59 Å². The molecule has 6 atom stereocenters. The molecule has 2 bridgehead atoms. The van der Waals surface area contributed by atoms with Crippen molar-refractivity contribution in [2.45, 2.75) is 108 Å². The van der Waals surface area contributed by atoms with Crippen molar-refractivity contribution in [3.63, 3.8) is 0 Å². The minimum atomic E-state index is -0.983. The number of rotatable bonds is 5. The van der Waals surface area contributed by atoms with E-state index in [1.807, 2.05) is 6.07 Å². The third-order valence-corrected chi connectivity index (χ3v) is 9.63. The molecule has 0 aromatic heterocycles. The summed E-state index contributed by atoms with van der Waals surface area (Å²) in [6, 6.07) is 7.39. The maximum absolute atomic E-state index is 13.1. The summed E-state index contributed by atoms with van der Waals surface area (Å²) in [5.74, 6) is 2.30. The highest BCUT2D eigenvalue weighted by molar-refractivity contribution is 5.98. The zero-order chi connectivity index (χ0) is 23.2. The monoisotopic (exact) mass is 465 g/mol. The molecule has 0 spiro atoms. The zero-order valence-electron chi connectivity index (χ0n) is 20.2. The van der Waals surface area contributed by atoms with Crippen LogP contribution in [0.3, 0.4) is 0 Å². The summed E-state index contributed by atoms with van der Waals surface area (Å²) < 4.78 is 0. The van der Waals surface area contributed by atoms with Gasteiger partial charge in [-0.15, -0.1) is 0 Å². The maximum Gasteiger partial charge on any atom is 0.254 e. The van der Waals surface area contributed by atoms with E-state index in [1.165, 1.54) is 63.4 Å². The minimum absolute atomic E-state index is 0.0215. The number of piperidine rings is 1. The number of aliphatic hydroxyl groups excluding tert-OH is 1. The number of nitrogens with one attached hydrogen (secondary N) is 2. The van der Waals surface area contributed by atoms with Gasteiger partial charge in [-0.1, -0.05) is 31.4 Å². The number of amides is 2. The number of benzene rings is 1. The van der Waals surface area contributed by atoms with E-state index in [9.17, 15) is 14.7 Å². The maximum atomic E-state index is 13.1. The Kier molecular flexibility index (Phi) is 6.14. The summed E-state index contributed by atoms with van der Waals surface area (Å²) in [6.45, 7) is 0.525. The molecule has 6 nitrogen and oxygen atoms in total. The van der Waals surface area contributed by atoms with Crippen molar-refractivity contribution in [3.05, 3.63) is 34.9 Å². The SMILES string of the molecule is O=C1CCC(N2Cc3cc(C[C@H]4CCCC[C@@H]4NC4C5CCCC4CC5)ccc3C2=O)C(O)N1. The average Bonchev–Trinajstić information content (AvgIpc) is 3.24. The molecular formula is C28H39N3O3.